The van der Waals surface area contributed by atoms with Crippen molar-refractivity contribution in [1.82, 2.24) is 29.4 Å². The third kappa shape index (κ3) is 4.87. The second-order valence-corrected chi connectivity index (χ2v) is 9.26. The van der Waals surface area contributed by atoms with Gasteiger partial charge in [-0.25, -0.2) is 4.98 Å². The van der Waals surface area contributed by atoms with Crippen molar-refractivity contribution >= 4 is 28.1 Å². The van der Waals surface area contributed by atoms with Gasteiger partial charge in [0, 0.05) is 62.1 Å². The number of ether oxygens (including phenoxy) is 1. The summed E-state index contributed by atoms with van der Waals surface area (Å²) in [7, 11) is 0. The zero-order valence-corrected chi connectivity index (χ0v) is 20.6. The molecule has 184 valence electrons. The van der Waals surface area contributed by atoms with Gasteiger partial charge in [0.25, 0.3) is 5.91 Å². The van der Waals surface area contributed by atoms with E-state index in [0.29, 0.717) is 24.0 Å². The number of carbonyl (C=O) groups excluding carboxylic acids is 1. The number of rotatable bonds is 8. The maximum absolute atomic E-state index is 13.1. The number of benzene rings is 1. The largest absolute Gasteiger partial charge is 0.492 e. The van der Waals surface area contributed by atoms with E-state index in [2.05, 4.69) is 51.1 Å². The van der Waals surface area contributed by atoms with Crippen LogP contribution in [0.15, 0.2) is 42.7 Å². The van der Waals surface area contributed by atoms with Gasteiger partial charge >= 0.3 is 0 Å². The van der Waals surface area contributed by atoms with Crippen LogP contribution in [-0.4, -0.2) is 80.7 Å². The van der Waals surface area contributed by atoms with Crippen molar-refractivity contribution in [2.24, 2.45) is 0 Å². The molecule has 5 rings (SSSR count). The summed E-state index contributed by atoms with van der Waals surface area (Å²) >= 11 is 0. The number of pyridine rings is 1. The third-order valence-electron chi connectivity index (χ3n) is 6.79. The average Bonchev–Trinajstić information content (AvgIpc) is 3.49. The average molecular weight is 476 g/mol. The van der Waals surface area contributed by atoms with Crippen LogP contribution in [0.5, 0.6) is 5.75 Å². The monoisotopic (exact) mass is 475 g/mol. The first-order valence-corrected chi connectivity index (χ1v) is 12.4. The minimum Gasteiger partial charge on any atom is -0.492 e. The van der Waals surface area contributed by atoms with E-state index in [9.17, 15) is 4.79 Å². The fourth-order valence-electron chi connectivity index (χ4n) is 4.70. The summed E-state index contributed by atoms with van der Waals surface area (Å²) in [5, 5.41) is 11.4. The van der Waals surface area contributed by atoms with Crippen molar-refractivity contribution < 1.29 is 9.53 Å². The van der Waals surface area contributed by atoms with Crippen molar-refractivity contribution in [3.05, 3.63) is 54.1 Å². The molecule has 0 radical (unpaired) electrons. The number of nitrogens with zero attached hydrogens (tertiary/aromatic N) is 5. The maximum Gasteiger partial charge on any atom is 0.274 e. The third-order valence-corrected chi connectivity index (χ3v) is 6.79. The highest BCUT2D eigenvalue weighted by molar-refractivity contribution is 6.08. The SMILES string of the molecule is CCc1[nH]nc2cccc(NC(=O)c3cnc4cc(OCCN5CCN(C(C)C)CC5)ccn34)c12. The number of fused-ring (bicyclic) bond motifs is 2. The number of aryl methyl sites for hydroxylation is 1. The highest BCUT2D eigenvalue weighted by Crippen LogP contribution is 2.26. The number of aromatic amines is 1. The summed E-state index contributed by atoms with van der Waals surface area (Å²) in [5.41, 5.74) is 3.71. The fourth-order valence-corrected chi connectivity index (χ4v) is 4.70. The molecule has 0 aliphatic carbocycles. The Morgan fingerprint density at radius 1 is 1.20 bits per heavy atom. The molecule has 35 heavy (non-hydrogen) atoms. The molecule has 1 aliphatic rings. The predicted octanol–water partition coefficient (Wildman–Crippen LogP) is 3.43. The number of aromatic nitrogens is 4. The molecular weight excluding hydrogens is 442 g/mol. The molecular formula is C26H33N7O2. The Balaban J connectivity index is 1.22. The molecule has 1 aromatic carbocycles. The lowest BCUT2D eigenvalue weighted by Gasteiger charge is -2.36. The number of amides is 1. The fraction of sp³-hybridized carbons (Fsp3) is 0.423. The Kier molecular flexibility index (Phi) is 6.70. The van der Waals surface area contributed by atoms with Crippen molar-refractivity contribution in [2.75, 3.05) is 44.6 Å². The molecule has 1 aliphatic heterocycles. The number of hydrogen-bond donors (Lipinski definition) is 2. The van der Waals surface area contributed by atoms with Crippen LogP contribution in [0.4, 0.5) is 5.69 Å². The summed E-state index contributed by atoms with van der Waals surface area (Å²) in [6.45, 7) is 12.5. The molecule has 0 spiro atoms. The second kappa shape index (κ2) is 10.1. The minimum absolute atomic E-state index is 0.220. The van der Waals surface area contributed by atoms with Crippen LogP contribution in [0.25, 0.3) is 16.6 Å². The van der Waals surface area contributed by atoms with Gasteiger partial charge in [0.1, 0.15) is 23.7 Å². The van der Waals surface area contributed by atoms with Crippen molar-refractivity contribution in [1.29, 1.82) is 0 Å². The first-order chi connectivity index (χ1) is 17.0. The van der Waals surface area contributed by atoms with Gasteiger partial charge < -0.3 is 10.1 Å². The van der Waals surface area contributed by atoms with Gasteiger partial charge in [0.15, 0.2) is 0 Å². The molecule has 2 N–H and O–H groups in total. The van der Waals surface area contributed by atoms with E-state index < -0.39 is 0 Å². The lowest BCUT2D eigenvalue weighted by molar-refractivity contribution is 0.0971. The Hall–Kier alpha value is -3.43. The van der Waals surface area contributed by atoms with Gasteiger partial charge in [-0.1, -0.05) is 13.0 Å². The first kappa shape index (κ1) is 23.3. The molecule has 0 saturated carbocycles. The predicted molar refractivity (Wildman–Crippen MR) is 137 cm³/mol. The Labute approximate surface area is 205 Å². The Bertz CT molecular complexity index is 1320. The Morgan fingerprint density at radius 2 is 2.03 bits per heavy atom. The molecule has 9 heteroatoms. The van der Waals surface area contributed by atoms with Crippen LogP contribution in [0.1, 0.15) is 37.0 Å². The zero-order chi connectivity index (χ0) is 24.4. The quantitative estimate of drug-likeness (QED) is 0.406. The second-order valence-electron chi connectivity index (χ2n) is 9.26. The highest BCUT2D eigenvalue weighted by atomic mass is 16.5. The molecule has 1 fully saturated rings. The summed E-state index contributed by atoms with van der Waals surface area (Å²) < 4.78 is 7.78. The molecule has 0 atom stereocenters. The van der Waals surface area contributed by atoms with Crippen LogP contribution >= 0.6 is 0 Å². The normalized spacial score (nSPS) is 15.3. The summed E-state index contributed by atoms with van der Waals surface area (Å²) in [6, 6.07) is 10.1. The lowest BCUT2D eigenvalue weighted by Crippen LogP contribution is -2.49. The molecule has 9 nitrogen and oxygen atoms in total. The highest BCUT2D eigenvalue weighted by Gasteiger charge is 2.19. The maximum atomic E-state index is 13.1. The van der Waals surface area contributed by atoms with E-state index in [1.54, 1.807) is 10.6 Å². The lowest BCUT2D eigenvalue weighted by atomic mass is 10.1. The molecule has 0 bridgehead atoms. The zero-order valence-electron chi connectivity index (χ0n) is 20.6. The molecule has 4 aromatic rings. The van der Waals surface area contributed by atoms with Gasteiger partial charge in [0.05, 0.1) is 17.4 Å². The van der Waals surface area contributed by atoms with Crippen LogP contribution < -0.4 is 10.1 Å². The number of imidazole rings is 1. The molecule has 1 saturated heterocycles. The van der Waals surface area contributed by atoms with Crippen molar-refractivity contribution in [2.45, 2.75) is 33.2 Å². The number of hydrogen-bond acceptors (Lipinski definition) is 6. The van der Waals surface area contributed by atoms with Crippen LogP contribution in [0.3, 0.4) is 0 Å². The summed E-state index contributed by atoms with van der Waals surface area (Å²) in [4.78, 5) is 22.5. The molecule has 1 amide bonds. The number of piperazine rings is 1. The Morgan fingerprint density at radius 3 is 2.80 bits per heavy atom. The van der Waals surface area contributed by atoms with Crippen LogP contribution in [0, 0.1) is 0 Å². The number of anilines is 1. The van der Waals surface area contributed by atoms with Gasteiger partial charge in [-0.3, -0.25) is 24.1 Å². The van der Waals surface area contributed by atoms with E-state index >= 15 is 0 Å². The molecule has 4 heterocycles. The van der Waals surface area contributed by atoms with Crippen LogP contribution in [-0.2, 0) is 6.42 Å². The van der Waals surface area contributed by atoms with E-state index in [4.69, 9.17) is 4.74 Å². The number of carbonyl (C=O) groups is 1. The van der Waals surface area contributed by atoms with E-state index in [0.717, 1.165) is 67.2 Å². The smallest absolute Gasteiger partial charge is 0.274 e. The topological polar surface area (TPSA) is 90.8 Å². The summed E-state index contributed by atoms with van der Waals surface area (Å²) in [6.07, 6.45) is 4.23. The van der Waals surface area contributed by atoms with E-state index in [1.165, 1.54) is 0 Å². The molecule has 3 aromatic heterocycles. The van der Waals surface area contributed by atoms with Crippen LogP contribution in [0.2, 0.25) is 0 Å². The summed E-state index contributed by atoms with van der Waals surface area (Å²) in [5.74, 6) is 0.536. The van der Waals surface area contributed by atoms with Crippen molar-refractivity contribution in [3.63, 3.8) is 0 Å². The number of H-pyrrole nitrogens is 1. The van der Waals surface area contributed by atoms with Gasteiger partial charge in [-0.05, 0) is 38.5 Å². The van der Waals surface area contributed by atoms with Gasteiger partial charge in [-0.2, -0.15) is 5.10 Å². The molecule has 0 unspecified atom stereocenters. The standard InChI is InChI=1S/C26H33N7O2/c1-4-20-25-21(6-5-7-22(25)30-29-20)28-26(34)23-17-27-24-16-19(8-9-33(23)24)35-15-14-31-10-12-32(13-11-31)18(2)3/h5-9,16-18H,4,10-15H2,1-3H3,(H,28,34)(H,29,30). The van der Waals surface area contributed by atoms with E-state index in [-0.39, 0.29) is 5.91 Å². The minimum atomic E-state index is -0.220. The van der Waals surface area contributed by atoms with E-state index in [1.807, 2.05) is 36.5 Å². The van der Waals surface area contributed by atoms with Crippen molar-refractivity contribution in [3.8, 4) is 5.75 Å². The van der Waals surface area contributed by atoms with Gasteiger partial charge in [0.2, 0.25) is 0 Å². The van der Waals surface area contributed by atoms with Gasteiger partial charge in [-0.15, -0.1) is 0 Å². The number of nitrogens with one attached hydrogen (secondary N) is 2. The first-order valence-electron chi connectivity index (χ1n) is 12.4.